The van der Waals surface area contributed by atoms with Gasteiger partial charge in [0.1, 0.15) is 17.8 Å². The summed E-state index contributed by atoms with van der Waals surface area (Å²) in [5.41, 5.74) is 0.914. The number of pyridine rings is 1. The van der Waals surface area contributed by atoms with Gasteiger partial charge in [-0.1, -0.05) is 12.1 Å². The predicted octanol–water partition coefficient (Wildman–Crippen LogP) is 4.08. The van der Waals surface area contributed by atoms with Gasteiger partial charge in [-0.05, 0) is 46.5 Å². The first-order valence-corrected chi connectivity index (χ1v) is 8.73. The molecule has 0 radical (unpaired) electrons. The van der Waals surface area contributed by atoms with E-state index in [1.54, 1.807) is 12.1 Å². The second-order valence-corrected chi connectivity index (χ2v) is 6.73. The van der Waals surface area contributed by atoms with Crippen molar-refractivity contribution in [3.05, 3.63) is 62.5 Å². The Kier molecular flexibility index (Phi) is 5.60. The molecule has 0 bridgehead atoms. The molecule has 0 spiro atoms. The molecule has 0 unspecified atom stereocenters. The molecule has 132 valence electrons. The molecule has 1 aliphatic rings. The van der Waals surface area contributed by atoms with E-state index in [0.29, 0.717) is 16.9 Å². The summed E-state index contributed by atoms with van der Waals surface area (Å²) in [6.07, 6.45) is 3.09. The fourth-order valence-corrected chi connectivity index (χ4v) is 3.37. The van der Waals surface area contributed by atoms with E-state index in [2.05, 4.69) is 25.8 Å². The lowest BCUT2D eigenvalue weighted by atomic mass is 10.1. The molecular weight excluding hydrogens is 393 g/mol. The van der Waals surface area contributed by atoms with Crippen LogP contribution in [-0.2, 0) is 11.3 Å². The quantitative estimate of drug-likeness (QED) is 0.549. The number of aromatic nitrogens is 1. The van der Waals surface area contributed by atoms with Crippen molar-refractivity contribution in [3.8, 4) is 0 Å². The van der Waals surface area contributed by atoms with Gasteiger partial charge in [0.2, 0.25) is 0 Å². The highest BCUT2D eigenvalue weighted by atomic mass is 79.9. The maximum absolute atomic E-state index is 12.9. The van der Waals surface area contributed by atoms with Crippen molar-refractivity contribution in [2.75, 3.05) is 18.0 Å². The van der Waals surface area contributed by atoms with Crippen LogP contribution < -0.4 is 4.90 Å². The van der Waals surface area contributed by atoms with Crippen LogP contribution in [0.3, 0.4) is 0 Å². The highest BCUT2D eigenvalue weighted by Crippen LogP contribution is 2.30. The van der Waals surface area contributed by atoms with E-state index in [1.165, 1.54) is 24.4 Å². The molecule has 0 saturated carbocycles. The van der Waals surface area contributed by atoms with Gasteiger partial charge in [-0.15, -0.1) is 0 Å². The monoisotopic (exact) mass is 409 g/mol. The van der Waals surface area contributed by atoms with Crippen LogP contribution in [0, 0.1) is 15.9 Å². The van der Waals surface area contributed by atoms with Crippen molar-refractivity contribution < 1.29 is 14.1 Å². The van der Waals surface area contributed by atoms with E-state index in [4.69, 9.17) is 4.74 Å². The molecule has 6 nitrogen and oxygen atoms in total. The molecule has 1 aromatic heterocycles. The Labute approximate surface area is 152 Å². The van der Waals surface area contributed by atoms with Crippen molar-refractivity contribution in [1.29, 1.82) is 0 Å². The van der Waals surface area contributed by atoms with Crippen LogP contribution in [0.5, 0.6) is 0 Å². The lowest BCUT2D eigenvalue weighted by molar-refractivity contribution is -0.385. The maximum atomic E-state index is 12.9. The predicted molar refractivity (Wildman–Crippen MR) is 95.0 cm³/mol. The minimum absolute atomic E-state index is 0.0341. The third-order valence-electron chi connectivity index (χ3n) is 4.16. The molecule has 0 N–H and O–H groups in total. The van der Waals surface area contributed by atoms with Gasteiger partial charge in [-0.25, -0.2) is 9.37 Å². The van der Waals surface area contributed by atoms with Crippen LogP contribution in [0.2, 0.25) is 0 Å². The second-order valence-electron chi connectivity index (χ2n) is 5.88. The molecule has 2 aromatic rings. The number of ether oxygens (including phenoxy) is 1. The molecule has 2 heterocycles. The first kappa shape index (κ1) is 17.8. The van der Waals surface area contributed by atoms with Crippen LogP contribution in [0.1, 0.15) is 18.4 Å². The highest BCUT2D eigenvalue weighted by Gasteiger charge is 2.23. The normalized spacial score (nSPS) is 15.4. The second kappa shape index (κ2) is 7.88. The smallest absolute Gasteiger partial charge is 0.288 e. The molecule has 1 fully saturated rings. The van der Waals surface area contributed by atoms with Crippen molar-refractivity contribution in [3.63, 3.8) is 0 Å². The summed E-state index contributed by atoms with van der Waals surface area (Å²) in [5, 5.41) is 10.8. The molecule has 3 rings (SSSR count). The van der Waals surface area contributed by atoms with E-state index in [-0.39, 0.29) is 17.6 Å². The number of anilines is 1. The standard InChI is InChI=1S/C17H17BrFN3O3/c18-16-9-14(22(23)24)10-20-17(16)21-7-5-15(6-8-21)25-11-12-1-3-13(19)4-2-12/h1-4,9-10,15H,5-8,11H2. The largest absolute Gasteiger partial charge is 0.373 e. The Bertz CT molecular complexity index is 749. The zero-order valence-corrected chi connectivity index (χ0v) is 15.0. The van der Waals surface area contributed by atoms with Crippen LogP contribution >= 0.6 is 15.9 Å². The molecule has 1 aliphatic heterocycles. The lowest BCUT2D eigenvalue weighted by Crippen LogP contribution is -2.37. The van der Waals surface area contributed by atoms with Crippen LogP contribution in [0.15, 0.2) is 41.0 Å². The molecule has 8 heteroatoms. The van der Waals surface area contributed by atoms with Gasteiger partial charge in [0.05, 0.1) is 22.1 Å². The summed E-state index contributed by atoms with van der Waals surface area (Å²) >= 11 is 3.36. The maximum Gasteiger partial charge on any atom is 0.288 e. The summed E-state index contributed by atoms with van der Waals surface area (Å²) in [7, 11) is 0. The van der Waals surface area contributed by atoms with Crippen LogP contribution in [0.4, 0.5) is 15.9 Å². The Morgan fingerprint density at radius 3 is 2.60 bits per heavy atom. The zero-order chi connectivity index (χ0) is 17.8. The molecule has 25 heavy (non-hydrogen) atoms. The van der Waals surface area contributed by atoms with E-state index in [0.717, 1.165) is 31.5 Å². The Hall–Kier alpha value is -2.06. The van der Waals surface area contributed by atoms with Gasteiger partial charge >= 0.3 is 0 Å². The van der Waals surface area contributed by atoms with Gasteiger partial charge in [-0.3, -0.25) is 10.1 Å². The molecule has 1 aromatic carbocycles. The van der Waals surface area contributed by atoms with E-state index >= 15 is 0 Å². The lowest BCUT2D eigenvalue weighted by Gasteiger charge is -2.33. The van der Waals surface area contributed by atoms with E-state index < -0.39 is 4.92 Å². The van der Waals surface area contributed by atoms with Crippen molar-refractivity contribution >= 4 is 27.4 Å². The van der Waals surface area contributed by atoms with Gasteiger partial charge in [0.15, 0.2) is 0 Å². The number of nitrogens with zero attached hydrogens (tertiary/aromatic N) is 3. The number of hydrogen-bond donors (Lipinski definition) is 0. The van der Waals surface area contributed by atoms with Gasteiger partial charge in [0.25, 0.3) is 5.69 Å². The molecule has 0 aliphatic carbocycles. The Balaban J connectivity index is 1.53. The van der Waals surface area contributed by atoms with Gasteiger partial charge in [-0.2, -0.15) is 0 Å². The van der Waals surface area contributed by atoms with E-state index in [9.17, 15) is 14.5 Å². The zero-order valence-electron chi connectivity index (χ0n) is 13.4. The molecular formula is C17H17BrFN3O3. The van der Waals surface area contributed by atoms with Crippen molar-refractivity contribution in [2.24, 2.45) is 0 Å². The SMILES string of the molecule is O=[N+]([O-])c1cnc(N2CCC(OCc3ccc(F)cc3)CC2)c(Br)c1. The number of nitro groups is 1. The van der Waals surface area contributed by atoms with E-state index in [1.807, 2.05) is 0 Å². The first-order valence-electron chi connectivity index (χ1n) is 7.94. The summed E-state index contributed by atoms with van der Waals surface area (Å²) in [6, 6.07) is 7.78. The number of halogens is 2. The number of rotatable bonds is 5. The minimum atomic E-state index is -0.461. The van der Waals surface area contributed by atoms with Crippen molar-refractivity contribution in [2.45, 2.75) is 25.6 Å². The average Bonchev–Trinajstić information content (AvgIpc) is 2.62. The summed E-state index contributed by atoms with van der Waals surface area (Å²) < 4.78 is 19.4. The minimum Gasteiger partial charge on any atom is -0.373 e. The first-order chi connectivity index (χ1) is 12.0. The summed E-state index contributed by atoms with van der Waals surface area (Å²) in [6.45, 7) is 1.99. The fourth-order valence-electron chi connectivity index (χ4n) is 2.78. The molecule has 1 saturated heterocycles. The van der Waals surface area contributed by atoms with Gasteiger partial charge < -0.3 is 9.64 Å². The molecule has 0 atom stereocenters. The van der Waals surface area contributed by atoms with Crippen molar-refractivity contribution in [1.82, 2.24) is 4.98 Å². The summed E-state index contributed by atoms with van der Waals surface area (Å²) in [4.78, 5) is 16.6. The Morgan fingerprint density at radius 1 is 1.32 bits per heavy atom. The third kappa shape index (κ3) is 4.52. The highest BCUT2D eigenvalue weighted by molar-refractivity contribution is 9.10. The number of benzene rings is 1. The third-order valence-corrected chi connectivity index (χ3v) is 4.74. The van der Waals surface area contributed by atoms with Crippen LogP contribution in [0.25, 0.3) is 0 Å². The van der Waals surface area contributed by atoms with Gasteiger partial charge in [0, 0.05) is 19.2 Å². The topological polar surface area (TPSA) is 68.5 Å². The summed E-state index contributed by atoms with van der Waals surface area (Å²) in [5.74, 6) is 0.459. The number of hydrogen-bond acceptors (Lipinski definition) is 5. The molecule has 0 amide bonds. The number of piperidine rings is 1. The van der Waals surface area contributed by atoms with Crippen LogP contribution in [-0.4, -0.2) is 29.1 Å². The average molecular weight is 410 g/mol. The fraction of sp³-hybridized carbons (Fsp3) is 0.353. The Morgan fingerprint density at radius 2 is 2.00 bits per heavy atom.